The van der Waals surface area contributed by atoms with E-state index in [1.807, 2.05) is 0 Å². The van der Waals surface area contributed by atoms with Crippen LogP contribution in [-0.4, -0.2) is 14.9 Å². The molecule has 1 N–H and O–H groups in total. The van der Waals surface area contributed by atoms with Crippen LogP contribution in [0.15, 0.2) is 48.8 Å². The molecular weight excluding hydrogens is 287 g/mol. The molecule has 0 radical (unpaired) electrons. The smallest absolute Gasteiger partial charge is 0.269 e. The van der Waals surface area contributed by atoms with Gasteiger partial charge in [0, 0.05) is 24.1 Å². The topological polar surface area (TPSA) is 81.0 Å². The lowest BCUT2D eigenvalue weighted by Crippen LogP contribution is -2.03. The second-order valence-corrected chi connectivity index (χ2v) is 4.64. The fourth-order valence-electron chi connectivity index (χ4n) is 2.16. The molecule has 0 bridgehead atoms. The van der Waals surface area contributed by atoms with Crippen LogP contribution in [0.3, 0.4) is 0 Å². The molecule has 0 aliphatic heterocycles. The Morgan fingerprint density at radius 3 is 2.82 bits per heavy atom. The molecule has 0 atom stereocenters. The highest BCUT2D eigenvalue weighted by Gasteiger charge is 2.08. The lowest BCUT2D eigenvalue weighted by Gasteiger charge is -2.08. The van der Waals surface area contributed by atoms with Crippen molar-refractivity contribution in [1.29, 1.82) is 0 Å². The first kappa shape index (κ1) is 13.9. The van der Waals surface area contributed by atoms with E-state index in [1.54, 1.807) is 24.3 Å². The summed E-state index contributed by atoms with van der Waals surface area (Å²) in [6.45, 7) is 0.338. The van der Waals surface area contributed by atoms with Gasteiger partial charge in [-0.15, -0.1) is 0 Å². The summed E-state index contributed by atoms with van der Waals surface area (Å²) >= 11 is 0. The Balaban J connectivity index is 1.87. The molecule has 1 heterocycles. The van der Waals surface area contributed by atoms with Crippen molar-refractivity contribution in [3.63, 3.8) is 0 Å². The molecule has 3 aromatic rings. The molecule has 0 amide bonds. The van der Waals surface area contributed by atoms with Gasteiger partial charge in [-0.3, -0.25) is 10.1 Å². The van der Waals surface area contributed by atoms with E-state index < -0.39 is 10.7 Å². The van der Waals surface area contributed by atoms with Gasteiger partial charge in [-0.25, -0.2) is 14.4 Å². The van der Waals surface area contributed by atoms with Crippen LogP contribution in [0.25, 0.3) is 10.9 Å². The van der Waals surface area contributed by atoms with E-state index in [9.17, 15) is 14.5 Å². The maximum Gasteiger partial charge on any atom is 0.269 e. The van der Waals surface area contributed by atoms with Crippen molar-refractivity contribution in [2.24, 2.45) is 0 Å². The van der Waals surface area contributed by atoms with Crippen LogP contribution in [0, 0.1) is 15.9 Å². The average molecular weight is 298 g/mol. The molecule has 1 aromatic heterocycles. The van der Waals surface area contributed by atoms with Crippen LogP contribution in [0.1, 0.15) is 5.56 Å². The summed E-state index contributed by atoms with van der Waals surface area (Å²) < 4.78 is 13.7. The Labute approximate surface area is 124 Å². The summed E-state index contributed by atoms with van der Waals surface area (Å²) in [5, 5.41) is 14.4. The molecule has 22 heavy (non-hydrogen) atoms. The van der Waals surface area contributed by atoms with Gasteiger partial charge in [0.25, 0.3) is 5.69 Å². The van der Waals surface area contributed by atoms with E-state index in [1.165, 1.54) is 24.5 Å². The molecule has 2 aromatic carbocycles. The van der Waals surface area contributed by atoms with E-state index in [0.29, 0.717) is 17.7 Å². The molecule has 0 saturated heterocycles. The predicted octanol–water partition coefficient (Wildman–Crippen LogP) is 3.29. The van der Waals surface area contributed by atoms with Gasteiger partial charge in [0.2, 0.25) is 0 Å². The number of nitro groups is 1. The van der Waals surface area contributed by atoms with Crippen LogP contribution < -0.4 is 5.32 Å². The highest BCUT2D eigenvalue weighted by Crippen LogP contribution is 2.22. The maximum atomic E-state index is 13.7. The van der Waals surface area contributed by atoms with Crippen molar-refractivity contribution in [3.8, 4) is 0 Å². The van der Waals surface area contributed by atoms with Gasteiger partial charge in [-0.2, -0.15) is 0 Å². The summed E-state index contributed by atoms with van der Waals surface area (Å²) in [5.74, 6) is 0.0642. The highest BCUT2D eigenvalue weighted by molar-refractivity contribution is 5.89. The number of rotatable bonds is 4. The van der Waals surface area contributed by atoms with Crippen molar-refractivity contribution < 1.29 is 9.31 Å². The molecule has 3 rings (SSSR count). The van der Waals surface area contributed by atoms with Gasteiger partial charge in [0.1, 0.15) is 23.5 Å². The van der Waals surface area contributed by atoms with E-state index in [-0.39, 0.29) is 11.2 Å². The molecule has 6 nitrogen and oxygen atoms in total. The summed E-state index contributed by atoms with van der Waals surface area (Å²) in [7, 11) is 0. The molecule has 0 aliphatic rings. The largest absolute Gasteiger partial charge is 0.365 e. The lowest BCUT2D eigenvalue weighted by molar-refractivity contribution is -0.384. The number of nitrogens with zero attached hydrogens (tertiary/aromatic N) is 3. The number of nitro benzene ring substituents is 1. The van der Waals surface area contributed by atoms with Gasteiger partial charge in [-0.1, -0.05) is 18.2 Å². The minimum absolute atomic E-state index is 0.0258. The van der Waals surface area contributed by atoms with Gasteiger partial charge in [0.05, 0.1) is 4.92 Å². The summed E-state index contributed by atoms with van der Waals surface area (Å²) in [6.07, 6.45) is 1.28. The number of halogens is 1. The van der Waals surface area contributed by atoms with Gasteiger partial charge < -0.3 is 5.32 Å². The molecule has 110 valence electrons. The van der Waals surface area contributed by atoms with Crippen molar-refractivity contribution in [3.05, 3.63) is 70.3 Å². The van der Waals surface area contributed by atoms with E-state index in [4.69, 9.17) is 0 Å². The van der Waals surface area contributed by atoms with Crippen LogP contribution >= 0.6 is 0 Å². The second-order valence-electron chi connectivity index (χ2n) is 4.64. The SMILES string of the molecule is O=[N+]([O-])c1cccc(CNc2ncnc3c(F)cccc23)c1. The first-order valence-electron chi connectivity index (χ1n) is 6.51. The highest BCUT2D eigenvalue weighted by atomic mass is 19.1. The summed E-state index contributed by atoms with van der Waals surface area (Å²) in [6, 6.07) is 10.9. The number of fused-ring (bicyclic) bond motifs is 1. The molecule has 7 heteroatoms. The zero-order valence-corrected chi connectivity index (χ0v) is 11.4. The third-order valence-corrected chi connectivity index (χ3v) is 3.20. The minimum atomic E-state index is -0.445. The fourth-order valence-corrected chi connectivity index (χ4v) is 2.16. The quantitative estimate of drug-likeness (QED) is 0.590. The standard InChI is InChI=1S/C15H11FN4O2/c16-13-6-2-5-12-14(13)18-9-19-15(12)17-8-10-3-1-4-11(7-10)20(21)22/h1-7,9H,8H2,(H,17,18,19). The number of non-ortho nitro benzene ring substituents is 1. The molecule has 0 aliphatic carbocycles. The van der Waals surface area contributed by atoms with Crippen LogP contribution in [0.2, 0.25) is 0 Å². The van der Waals surface area contributed by atoms with E-state index in [2.05, 4.69) is 15.3 Å². The minimum Gasteiger partial charge on any atom is -0.365 e. The number of hydrogen-bond donors (Lipinski definition) is 1. The summed E-state index contributed by atoms with van der Waals surface area (Å²) in [4.78, 5) is 18.3. The molecule has 0 fully saturated rings. The zero-order valence-electron chi connectivity index (χ0n) is 11.4. The monoisotopic (exact) mass is 298 g/mol. The predicted molar refractivity (Wildman–Crippen MR) is 79.9 cm³/mol. The van der Waals surface area contributed by atoms with Crippen molar-refractivity contribution in [2.75, 3.05) is 5.32 Å². The van der Waals surface area contributed by atoms with Gasteiger partial charge >= 0.3 is 0 Å². The third-order valence-electron chi connectivity index (χ3n) is 3.20. The maximum absolute atomic E-state index is 13.7. The van der Waals surface area contributed by atoms with Gasteiger partial charge in [-0.05, 0) is 17.7 Å². The molecular formula is C15H11FN4O2. The van der Waals surface area contributed by atoms with Crippen molar-refractivity contribution >= 4 is 22.4 Å². The second kappa shape index (κ2) is 5.72. The number of benzene rings is 2. The number of nitrogens with one attached hydrogen (secondary N) is 1. The van der Waals surface area contributed by atoms with Crippen molar-refractivity contribution in [2.45, 2.75) is 6.54 Å². The third kappa shape index (κ3) is 2.69. The Bertz CT molecular complexity index is 854. The van der Waals surface area contributed by atoms with Crippen LogP contribution in [0.5, 0.6) is 0 Å². The number of anilines is 1. The summed E-state index contributed by atoms with van der Waals surface area (Å²) in [5.41, 5.74) is 0.995. The molecule has 0 spiro atoms. The first-order valence-corrected chi connectivity index (χ1v) is 6.51. The average Bonchev–Trinajstić information content (AvgIpc) is 2.53. The Hall–Kier alpha value is -3.09. The van der Waals surface area contributed by atoms with E-state index in [0.717, 1.165) is 5.56 Å². The number of hydrogen-bond acceptors (Lipinski definition) is 5. The van der Waals surface area contributed by atoms with Crippen LogP contribution in [0.4, 0.5) is 15.9 Å². The Kier molecular flexibility index (Phi) is 3.61. The van der Waals surface area contributed by atoms with Crippen LogP contribution in [-0.2, 0) is 6.54 Å². The number of para-hydroxylation sites is 1. The van der Waals surface area contributed by atoms with Gasteiger partial charge in [0.15, 0.2) is 0 Å². The van der Waals surface area contributed by atoms with Crippen molar-refractivity contribution in [1.82, 2.24) is 9.97 Å². The normalized spacial score (nSPS) is 10.6. The molecule has 0 unspecified atom stereocenters. The fraction of sp³-hybridized carbons (Fsp3) is 0.0667. The number of aromatic nitrogens is 2. The lowest BCUT2D eigenvalue weighted by atomic mass is 10.2. The first-order chi connectivity index (χ1) is 10.6. The Morgan fingerprint density at radius 1 is 1.18 bits per heavy atom. The van der Waals surface area contributed by atoms with E-state index >= 15 is 0 Å². The molecule has 0 saturated carbocycles. The Morgan fingerprint density at radius 2 is 2.00 bits per heavy atom. The zero-order chi connectivity index (χ0) is 15.5.